The van der Waals surface area contributed by atoms with E-state index in [1.807, 2.05) is 25.1 Å². The van der Waals surface area contributed by atoms with Gasteiger partial charge in [0.15, 0.2) is 16.4 Å². The van der Waals surface area contributed by atoms with Gasteiger partial charge in [0, 0.05) is 6.54 Å². The molecule has 0 saturated heterocycles. The van der Waals surface area contributed by atoms with Crippen LogP contribution in [-0.2, 0) is 20.4 Å². The Morgan fingerprint density at radius 2 is 1.61 bits per heavy atom. The Balaban J connectivity index is 1.63. The predicted octanol–water partition coefficient (Wildman–Crippen LogP) is 2.98. The van der Waals surface area contributed by atoms with Gasteiger partial charge in [-0.05, 0) is 42.7 Å². The molecular weight excluding hydrogens is 378 g/mol. The third-order valence-corrected chi connectivity index (χ3v) is 5.53. The van der Waals surface area contributed by atoms with Crippen LogP contribution in [0.3, 0.4) is 0 Å². The summed E-state index contributed by atoms with van der Waals surface area (Å²) in [5.74, 6) is 1.09. The second-order valence-electron chi connectivity index (χ2n) is 6.39. The number of rotatable bonds is 12. The minimum atomic E-state index is -3.19. The van der Waals surface area contributed by atoms with Crippen LogP contribution >= 0.6 is 0 Å². The van der Waals surface area contributed by atoms with E-state index in [-0.39, 0.29) is 24.0 Å². The number of benzene rings is 2. The van der Waals surface area contributed by atoms with Crippen molar-refractivity contribution >= 4 is 15.7 Å². The van der Waals surface area contributed by atoms with Crippen LogP contribution in [0.25, 0.3) is 0 Å². The van der Waals surface area contributed by atoms with Crippen LogP contribution in [0.2, 0.25) is 0 Å². The fraction of sp³-hybridized carbons (Fsp3) is 0.381. The van der Waals surface area contributed by atoms with Crippen molar-refractivity contribution in [1.29, 1.82) is 0 Å². The summed E-state index contributed by atoms with van der Waals surface area (Å²) in [5.41, 5.74) is 0.769. The topological polar surface area (TPSA) is 81.7 Å². The molecular formula is C21H27NO5S. The first kappa shape index (κ1) is 21.8. The van der Waals surface area contributed by atoms with E-state index in [1.165, 1.54) is 0 Å². The molecule has 0 radical (unpaired) electrons. The van der Waals surface area contributed by atoms with E-state index in [4.69, 9.17) is 9.47 Å². The Bertz CT molecular complexity index is 820. The Hall–Kier alpha value is -2.54. The van der Waals surface area contributed by atoms with Gasteiger partial charge in [-0.2, -0.15) is 0 Å². The van der Waals surface area contributed by atoms with Crippen LogP contribution in [0.5, 0.6) is 11.5 Å². The Labute approximate surface area is 166 Å². The molecule has 0 aromatic heterocycles. The molecule has 7 heteroatoms. The number of hydrogen-bond acceptors (Lipinski definition) is 5. The van der Waals surface area contributed by atoms with Crippen molar-refractivity contribution in [2.75, 3.05) is 25.5 Å². The number of nitrogens with one attached hydrogen (secondary N) is 1. The standard InChI is InChI=1S/C21H27NO5S/c1-2-14-26-19-9-11-20(12-10-19)27-16-21(23)22-13-6-15-28(24,25)17-18-7-4-3-5-8-18/h3-5,7-12H,2,6,13-17H2,1H3,(H,22,23). The zero-order chi connectivity index (χ0) is 20.2. The summed E-state index contributed by atoms with van der Waals surface area (Å²) in [5, 5.41) is 2.68. The van der Waals surface area contributed by atoms with Gasteiger partial charge in [-0.1, -0.05) is 37.3 Å². The first-order chi connectivity index (χ1) is 13.5. The highest BCUT2D eigenvalue weighted by Crippen LogP contribution is 2.17. The van der Waals surface area contributed by atoms with Gasteiger partial charge >= 0.3 is 0 Å². The lowest BCUT2D eigenvalue weighted by Crippen LogP contribution is -2.30. The molecule has 0 bridgehead atoms. The third kappa shape index (κ3) is 8.43. The molecule has 0 unspecified atom stereocenters. The summed E-state index contributed by atoms with van der Waals surface area (Å²) in [6.45, 7) is 2.87. The SMILES string of the molecule is CCCOc1ccc(OCC(=O)NCCCS(=O)(=O)Cc2ccccc2)cc1. The smallest absolute Gasteiger partial charge is 0.257 e. The fourth-order valence-electron chi connectivity index (χ4n) is 2.47. The van der Waals surface area contributed by atoms with Gasteiger partial charge in [0.2, 0.25) is 0 Å². The van der Waals surface area contributed by atoms with Crippen molar-refractivity contribution in [1.82, 2.24) is 5.32 Å². The van der Waals surface area contributed by atoms with Gasteiger partial charge in [0.05, 0.1) is 18.1 Å². The van der Waals surface area contributed by atoms with Crippen LogP contribution in [0.4, 0.5) is 0 Å². The Kier molecular flexibility index (Phi) is 8.81. The van der Waals surface area contributed by atoms with Crippen molar-refractivity contribution in [3.63, 3.8) is 0 Å². The van der Waals surface area contributed by atoms with E-state index in [0.717, 1.165) is 17.7 Å². The first-order valence-corrected chi connectivity index (χ1v) is 11.2. The Morgan fingerprint density at radius 1 is 0.964 bits per heavy atom. The van der Waals surface area contributed by atoms with Gasteiger partial charge in [-0.15, -0.1) is 0 Å². The van der Waals surface area contributed by atoms with Crippen molar-refractivity contribution in [2.24, 2.45) is 0 Å². The van der Waals surface area contributed by atoms with Gasteiger partial charge in [0.1, 0.15) is 11.5 Å². The number of amides is 1. The minimum absolute atomic E-state index is 0.0167. The summed E-state index contributed by atoms with van der Waals surface area (Å²) < 4.78 is 35.1. The number of ether oxygens (including phenoxy) is 2. The summed E-state index contributed by atoms with van der Waals surface area (Å²) >= 11 is 0. The van der Waals surface area contributed by atoms with E-state index in [9.17, 15) is 13.2 Å². The maximum atomic E-state index is 12.1. The van der Waals surface area contributed by atoms with Crippen LogP contribution in [0, 0.1) is 0 Å². The second-order valence-corrected chi connectivity index (χ2v) is 8.57. The number of carbonyl (C=O) groups is 1. The molecule has 2 aromatic rings. The average Bonchev–Trinajstić information content (AvgIpc) is 2.69. The molecule has 0 fully saturated rings. The molecule has 0 aliphatic carbocycles. The largest absolute Gasteiger partial charge is 0.494 e. The zero-order valence-electron chi connectivity index (χ0n) is 16.1. The van der Waals surface area contributed by atoms with Gasteiger partial charge in [0.25, 0.3) is 5.91 Å². The quantitative estimate of drug-likeness (QED) is 0.549. The fourth-order valence-corrected chi connectivity index (χ4v) is 3.90. The van der Waals surface area contributed by atoms with Gasteiger partial charge in [-0.3, -0.25) is 4.79 Å². The summed E-state index contributed by atoms with van der Waals surface area (Å²) in [7, 11) is -3.19. The molecule has 0 atom stereocenters. The molecule has 0 saturated carbocycles. The maximum absolute atomic E-state index is 12.1. The normalized spacial score (nSPS) is 11.0. The monoisotopic (exact) mass is 405 g/mol. The predicted molar refractivity (Wildman–Crippen MR) is 109 cm³/mol. The zero-order valence-corrected chi connectivity index (χ0v) is 16.9. The van der Waals surface area contributed by atoms with Crippen molar-refractivity contribution in [3.05, 3.63) is 60.2 Å². The van der Waals surface area contributed by atoms with Crippen LogP contribution in [0.15, 0.2) is 54.6 Å². The highest BCUT2D eigenvalue weighted by atomic mass is 32.2. The molecule has 1 N–H and O–H groups in total. The molecule has 2 aromatic carbocycles. The molecule has 6 nitrogen and oxygen atoms in total. The van der Waals surface area contributed by atoms with Crippen molar-refractivity contribution < 1.29 is 22.7 Å². The highest BCUT2D eigenvalue weighted by Gasteiger charge is 2.12. The van der Waals surface area contributed by atoms with E-state index in [0.29, 0.717) is 25.3 Å². The number of sulfone groups is 1. The number of hydrogen-bond donors (Lipinski definition) is 1. The summed E-state index contributed by atoms with van der Waals surface area (Å²) in [6, 6.07) is 16.1. The Morgan fingerprint density at radius 3 is 2.25 bits per heavy atom. The van der Waals surface area contributed by atoms with Crippen LogP contribution < -0.4 is 14.8 Å². The average molecular weight is 406 g/mol. The van der Waals surface area contributed by atoms with Crippen molar-refractivity contribution in [3.8, 4) is 11.5 Å². The second kappa shape index (κ2) is 11.3. The molecule has 0 aliphatic rings. The lowest BCUT2D eigenvalue weighted by Gasteiger charge is -2.09. The van der Waals surface area contributed by atoms with Crippen molar-refractivity contribution in [2.45, 2.75) is 25.5 Å². The van der Waals surface area contributed by atoms with Crippen LogP contribution in [-0.4, -0.2) is 39.8 Å². The molecule has 28 heavy (non-hydrogen) atoms. The molecule has 1 amide bonds. The molecule has 0 heterocycles. The summed E-state index contributed by atoms with van der Waals surface area (Å²) in [6.07, 6.45) is 1.30. The maximum Gasteiger partial charge on any atom is 0.257 e. The molecule has 2 rings (SSSR count). The van der Waals surface area contributed by atoms with Gasteiger partial charge < -0.3 is 14.8 Å². The number of carbonyl (C=O) groups excluding carboxylic acids is 1. The lowest BCUT2D eigenvalue weighted by atomic mass is 10.2. The summed E-state index contributed by atoms with van der Waals surface area (Å²) in [4.78, 5) is 11.8. The molecule has 0 aliphatic heterocycles. The van der Waals surface area contributed by atoms with E-state index in [2.05, 4.69) is 5.32 Å². The third-order valence-electron chi connectivity index (χ3n) is 3.85. The minimum Gasteiger partial charge on any atom is -0.494 e. The first-order valence-electron chi connectivity index (χ1n) is 9.35. The molecule has 0 spiro atoms. The molecule has 152 valence electrons. The lowest BCUT2D eigenvalue weighted by molar-refractivity contribution is -0.123. The van der Waals surface area contributed by atoms with E-state index in [1.54, 1.807) is 36.4 Å². The van der Waals surface area contributed by atoms with Crippen LogP contribution in [0.1, 0.15) is 25.3 Å². The van der Waals surface area contributed by atoms with E-state index >= 15 is 0 Å². The highest BCUT2D eigenvalue weighted by molar-refractivity contribution is 7.90. The van der Waals surface area contributed by atoms with E-state index < -0.39 is 9.84 Å². The van der Waals surface area contributed by atoms with Gasteiger partial charge in [-0.25, -0.2) is 8.42 Å².